The number of carbonyl (C=O) groups is 1. The number of nitrogens with zero attached hydrogens (tertiary/aromatic N) is 1. The Bertz CT molecular complexity index is 1100. The van der Waals surface area contributed by atoms with Gasteiger partial charge in [0.1, 0.15) is 0 Å². The minimum absolute atomic E-state index is 0.200. The number of aromatic nitrogens is 2. The van der Waals surface area contributed by atoms with E-state index in [1.165, 1.54) is 19.2 Å². The third-order valence-corrected chi connectivity index (χ3v) is 4.50. The van der Waals surface area contributed by atoms with Crippen LogP contribution in [0.5, 0.6) is 11.5 Å². The van der Waals surface area contributed by atoms with Crippen molar-refractivity contribution < 1.29 is 19.0 Å². The number of aromatic amines is 1. The SMILES string of the molecule is CCCOc1c(Cl)cc(C(=O)O[C@@H](C)c2nc3ccccc3c(=O)[nH]2)cc1OC. The molecule has 2 aromatic carbocycles. The van der Waals surface area contributed by atoms with Crippen molar-refractivity contribution in [1.29, 1.82) is 0 Å². The molecule has 0 aliphatic rings. The minimum Gasteiger partial charge on any atom is -0.493 e. The van der Waals surface area contributed by atoms with Gasteiger partial charge in [-0.25, -0.2) is 9.78 Å². The number of para-hydroxylation sites is 1. The summed E-state index contributed by atoms with van der Waals surface area (Å²) >= 11 is 6.26. The van der Waals surface area contributed by atoms with Gasteiger partial charge in [-0.3, -0.25) is 4.79 Å². The maximum Gasteiger partial charge on any atom is 0.339 e. The fraction of sp³-hybridized carbons (Fsp3) is 0.286. The van der Waals surface area contributed by atoms with Crippen LogP contribution in [0.1, 0.15) is 42.6 Å². The summed E-state index contributed by atoms with van der Waals surface area (Å²) < 4.78 is 16.4. The fourth-order valence-corrected chi connectivity index (χ4v) is 3.03. The summed E-state index contributed by atoms with van der Waals surface area (Å²) in [5, 5.41) is 0.712. The molecule has 1 atom stereocenters. The van der Waals surface area contributed by atoms with Crippen LogP contribution in [0.15, 0.2) is 41.2 Å². The second-order valence-electron chi connectivity index (χ2n) is 6.35. The van der Waals surface area contributed by atoms with Crippen LogP contribution in [-0.2, 0) is 4.74 Å². The molecule has 0 saturated carbocycles. The Hall–Kier alpha value is -3.06. The molecule has 0 amide bonds. The lowest BCUT2D eigenvalue weighted by molar-refractivity contribution is 0.0319. The van der Waals surface area contributed by atoms with Crippen LogP contribution in [0.25, 0.3) is 10.9 Å². The Morgan fingerprint density at radius 3 is 2.76 bits per heavy atom. The summed E-state index contributed by atoms with van der Waals surface area (Å²) in [6.07, 6.45) is 0.0261. The molecular formula is C21H21ClN2O5. The van der Waals surface area contributed by atoms with Gasteiger partial charge in [0.15, 0.2) is 23.4 Å². The number of halogens is 1. The Kier molecular flexibility index (Phi) is 6.39. The highest BCUT2D eigenvalue weighted by Crippen LogP contribution is 2.37. The number of nitrogens with one attached hydrogen (secondary N) is 1. The summed E-state index contributed by atoms with van der Waals surface area (Å²) in [5.74, 6) is 0.336. The largest absolute Gasteiger partial charge is 0.493 e. The normalized spacial score (nSPS) is 11.9. The van der Waals surface area contributed by atoms with Crippen molar-refractivity contribution in [2.75, 3.05) is 13.7 Å². The third kappa shape index (κ3) is 4.51. The highest BCUT2D eigenvalue weighted by molar-refractivity contribution is 6.32. The molecule has 0 aliphatic carbocycles. The van der Waals surface area contributed by atoms with Crippen molar-refractivity contribution in [2.24, 2.45) is 0 Å². The number of ether oxygens (including phenoxy) is 3. The molecule has 8 heteroatoms. The monoisotopic (exact) mass is 416 g/mol. The number of methoxy groups -OCH3 is 1. The van der Waals surface area contributed by atoms with Crippen molar-refractivity contribution >= 4 is 28.5 Å². The predicted molar refractivity (Wildman–Crippen MR) is 110 cm³/mol. The zero-order valence-electron chi connectivity index (χ0n) is 16.3. The van der Waals surface area contributed by atoms with Gasteiger partial charge in [0.2, 0.25) is 0 Å². The number of esters is 1. The number of H-pyrrole nitrogens is 1. The lowest BCUT2D eigenvalue weighted by Crippen LogP contribution is -2.17. The van der Waals surface area contributed by atoms with E-state index >= 15 is 0 Å². The van der Waals surface area contributed by atoms with Gasteiger partial charge in [-0.15, -0.1) is 0 Å². The van der Waals surface area contributed by atoms with Crippen LogP contribution in [0.2, 0.25) is 5.02 Å². The number of fused-ring (bicyclic) bond motifs is 1. The Labute approximate surface area is 172 Å². The first-order chi connectivity index (χ1) is 13.9. The zero-order valence-corrected chi connectivity index (χ0v) is 17.1. The molecule has 0 fully saturated rings. The highest BCUT2D eigenvalue weighted by atomic mass is 35.5. The number of benzene rings is 2. The molecule has 152 valence electrons. The Morgan fingerprint density at radius 1 is 1.28 bits per heavy atom. The fourth-order valence-electron chi connectivity index (χ4n) is 2.76. The van der Waals surface area contributed by atoms with Crippen LogP contribution in [0.4, 0.5) is 0 Å². The maximum atomic E-state index is 12.6. The molecule has 0 radical (unpaired) electrons. The summed E-state index contributed by atoms with van der Waals surface area (Å²) in [6.45, 7) is 4.07. The van der Waals surface area contributed by atoms with Gasteiger partial charge in [0.25, 0.3) is 5.56 Å². The first-order valence-electron chi connectivity index (χ1n) is 9.14. The van der Waals surface area contributed by atoms with Crippen LogP contribution in [0.3, 0.4) is 0 Å². The van der Waals surface area contributed by atoms with Crippen molar-refractivity contribution in [3.63, 3.8) is 0 Å². The quantitative estimate of drug-likeness (QED) is 0.578. The molecule has 7 nitrogen and oxygen atoms in total. The highest BCUT2D eigenvalue weighted by Gasteiger charge is 2.20. The van der Waals surface area contributed by atoms with E-state index in [2.05, 4.69) is 9.97 Å². The van der Waals surface area contributed by atoms with Crippen LogP contribution >= 0.6 is 11.6 Å². The summed E-state index contributed by atoms with van der Waals surface area (Å²) in [6, 6.07) is 9.91. The van der Waals surface area contributed by atoms with E-state index in [4.69, 9.17) is 25.8 Å². The van der Waals surface area contributed by atoms with Gasteiger partial charge in [0, 0.05) is 0 Å². The summed E-state index contributed by atoms with van der Waals surface area (Å²) in [4.78, 5) is 31.9. The van der Waals surface area contributed by atoms with E-state index in [1.54, 1.807) is 31.2 Å². The molecule has 0 saturated heterocycles. The summed E-state index contributed by atoms with van der Waals surface area (Å²) in [7, 11) is 1.46. The van der Waals surface area contributed by atoms with Crippen molar-refractivity contribution in [3.05, 3.63) is 63.2 Å². The van der Waals surface area contributed by atoms with Crippen LogP contribution in [0, 0.1) is 0 Å². The first-order valence-corrected chi connectivity index (χ1v) is 9.52. The zero-order chi connectivity index (χ0) is 21.0. The van der Waals surface area contributed by atoms with E-state index in [9.17, 15) is 9.59 Å². The van der Waals surface area contributed by atoms with E-state index in [1.807, 2.05) is 6.92 Å². The van der Waals surface area contributed by atoms with E-state index < -0.39 is 12.1 Å². The van der Waals surface area contributed by atoms with Crippen molar-refractivity contribution in [2.45, 2.75) is 26.4 Å². The second-order valence-corrected chi connectivity index (χ2v) is 6.76. The van der Waals surface area contributed by atoms with E-state index in [-0.39, 0.29) is 22.0 Å². The average molecular weight is 417 g/mol. The topological polar surface area (TPSA) is 90.5 Å². The number of hydrogen-bond acceptors (Lipinski definition) is 6. The molecule has 3 aromatic rings. The molecule has 29 heavy (non-hydrogen) atoms. The van der Waals surface area contributed by atoms with Gasteiger partial charge in [-0.1, -0.05) is 30.7 Å². The Balaban J connectivity index is 1.84. The van der Waals surface area contributed by atoms with Gasteiger partial charge in [-0.2, -0.15) is 0 Å². The maximum absolute atomic E-state index is 12.6. The number of carbonyl (C=O) groups excluding carboxylic acids is 1. The van der Waals surface area contributed by atoms with Gasteiger partial charge in [-0.05, 0) is 37.6 Å². The van der Waals surface area contributed by atoms with Gasteiger partial charge >= 0.3 is 5.97 Å². The van der Waals surface area contributed by atoms with Crippen molar-refractivity contribution in [3.8, 4) is 11.5 Å². The first kappa shape index (κ1) is 20.7. The van der Waals surface area contributed by atoms with E-state index in [0.717, 1.165) is 6.42 Å². The number of rotatable bonds is 7. The Morgan fingerprint density at radius 2 is 2.03 bits per heavy atom. The van der Waals surface area contributed by atoms with Gasteiger partial charge in [0.05, 0.1) is 35.2 Å². The third-order valence-electron chi connectivity index (χ3n) is 4.22. The molecule has 0 unspecified atom stereocenters. The standard InChI is InChI=1S/C21H21ClN2O5/c1-4-9-28-18-15(22)10-13(11-17(18)27-3)21(26)29-12(2)19-23-16-8-6-5-7-14(16)20(25)24-19/h5-8,10-12H,4,9H2,1-3H3,(H,23,24,25)/t12-/m0/s1. The van der Waals surface area contributed by atoms with E-state index in [0.29, 0.717) is 29.0 Å². The molecular weight excluding hydrogens is 396 g/mol. The molecule has 3 rings (SSSR count). The number of hydrogen-bond donors (Lipinski definition) is 1. The molecule has 0 aliphatic heterocycles. The average Bonchev–Trinajstić information content (AvgIpc) is 2.72. The minimum atomic E-state index is -0.777. The molecule has 1 heterocycles. The summed E-state index contributed by atoms with van der Waals surface area (Å²) in [5.41, 5.74) is 0.428. The smallest absolute Gasteiger partial charge is 0.339 e. The van der Waals surface area contributed by atoms with Crippen LogP contribution in [-0.4, -0.2) is 29.7 Å². The molecule has 1 aromatic heterocycles. The van der Waals surface area contributed by atoms with Gasteiger partial charge < -0.3 is 19.2 Å². The predicted octanol–water partition coefficient (Wildman–Crippen LogP) is 4.29. The molecule has 0 spiro atoms. The lowest BCUT2D eigenvalue weighted by Gasteiger charge is -2.16. The molecule has 0 bridgehead atoms. The van der Waals surface area contributed by atoms with Crippen LogP contribution < -0.4 is 15.0 Å². The second kappa shape index (κ2) is 8.96. The van der Waals surface area contributed by atoms with Crippen molar-refractivity contribution in [1.82, 2.24) is 9.97 Å². The lowest BCUT2D eigenvalue weighted by atomic mass is 10.2. The molecule has 1 N–H and O–H groups in total.